The summed E-state index contributed by atoms with van der Waals surface area (Å²) >= 11 is 5.96. The molecule has 2 rings (SSSR count). The van der Waals surface area contributed by atoms with Gasteiger partial charge in [-0.25, -0.2) is 0 Å². The number of halogens is 1. The van der Waals surface area contributed by atoms with Crippen LogP contribution >= 0.6 is 11.6 Å². The molecule has 68 valence electrons. The van der Waals surface area contributed by atoms with Gasteiger partial charge in [0.2, 0.25) is 0 Å². The van der Waals surface area contributed by atoms with Gasteiger partial charge in [0, 0.05) is 17.0 Å². The van der Waals surface area contributed by atoms with Gasteiger partial charge in [-0.05, 0) is 12.5 Å². The highest BCUT2D eigenvalue weighted by Crippen LogP contribution is 2.33. The fraction of sp³-hybridized carbons (Fsp3) is 0.300. The van der Waals surface area contributed by atoms with Crippen molar-refractivity contribution in [1.82, 2.24) is 0 Å². The molecule has 1 unspecified atom stereocenters. The zero-order valence-electron chi connectivity index (χ0n) is 7.00. The second-order valence-electron chi connectivity index (χ2n) is 3.04. The number of rotatable bonds is 1. The Labute approximate surface area is 81.5 Å². The number of cyclic esters (lactones) is 1. The van der Waals surface area contributed by atoms with Crippen molar-refractivity contribution in [3.63, 3.8) is 0 Å². The summed E-state index contributed by atoms with van der Waals surface area (Å²) in [6.45, 7) is 0. The zero-order valence-corrected chi connectivity index (χ0v) is 7.75. The lowest BCUT2D eigenvalue weighted by Gasteiger charge is -2.10. The summed E-state index contributed by atoms with van der Waals surface area (Å²) < 4.78 is 5.10. The minimum absolute atomic E-state index is 0.134. The molecule has 1 heterocycles. The molecule has 0 saturated carbocycles. The van der Waals surface area contributed by atoms with Gasteiger partial charge in [-0.2, -0.15) is 0 Å². The Bertz CT molecular complexity index is 335. The number of carbonyl (C=O) groups is 1. The van der Waals surface area contributed by atoms with E-state index >= 15 is 0 Å². The number of hydrogen-bond donors (Lipinski definition) is 0. The predicted molar refractivity (Wildman–Crippen MR) is 49.5 cm³/mol. The van der Waals surface area contributed by atoms with E-state index in [0.717, 1.165) is 12.0 Å². The van der Waals surface area contributed by atoms with E-state index in [1.54, 1.807) is 0 Å². The summed E-state index contributed by atoms with van der Waals surface area (Å²) in [5.41, 5.74) is 0.912. The number of esters is 1. The van der Waals surface area contributed by atoms with Crippen LogP contribution in [0.4, 0.5) is 0 Å². The van der Waals surface area contributed by atoms with Gasteiger partial charge in [-0.3, -0.25) is 4.79 Å². The van der Waals surface area contributed by atoms with Crippen LogP contribution in [0.2, 0.25) is 5.02 Å². The molecule has 13 heavy (non-hydrogen) atoms. The first-order chi connectivity index (χ1) is 6.27. The zero-order chi connectivity index (χ0) is 9.26. The van der Waals surface area contributed by atoms with Crippen LogP contribution in [-0.4, -0.2) is 5.97 Å². The third-order valence-electron chi connectivity index (χ3n) is 2.14. The highest BCUT2D eigenvalue weighted by molar-refractivity contribution is 6.31. The molecular weight excluding hydrogens is 188 g/mol. The van der Waals surface area contributed by atoms with Crippen molar-refractivity contribution >= 4 is 17.6 Å². The summed E-state index contributed by atoms with van der Waals surface area (Å²) in [6, 6.07) is 7.46. The molecular formula is C10H9ClO2. The van der Waals surface area contributed by atoms with Gasteiger partial charge in [-0.15, -0.1) is 0 Å². The van der Waals surface area contributed by atoms with Gasteiger partial charge in [0.1, 0.15) is 6.10 Å². The van der Waals surface area contributed by atoms with E-state index in [1.165, 1.54) is 0 Å². The van der Waals surface area contributed by atoms with E-state index < -0.39 is 0 Å². The van der Waals surface area contributed by atoms with Crippen LogP contribution in [0.5, 0.6) is 0 Å². The van der Waals surface area contributed by atoms with Crippen LogP contribution in [-0.2, 0) is 9.53 Å². The molecule has 0 N–H and O–H groups in total. The summed E-state index contributed by atoms with van der Waals surface area (Å²) in [4.78, 5) is 10.9. The third-order valence-corrected chi connectivity index (χ3v) is 2.48. The van der Waals surface area contributed by atoms with E-state index in [-0.39, 0.29) is 12.1 Å². The van der Waals surface area contributed by atoms with E-state index in [4.69, 9.17) is 16.3 Å². The van der Waals surface area contributed by atoms with E-state index in [2.05, 4.69) is 0 Å². The Hall–Kier alpha value is -1.02. The maximum absolute atomic E-state index is 10.9. The van der Waals surface area contributed by atoms with Gasteiger partial charge >= 0.3 is 5.97 Å². The lowest BCUT2D eigenvalue weighted by atomic mass is 10.1. The smallest absolute Gasteiger partial charge is 0.306 e. The SMILES string of the molecule is O=C1CCC(c2ccccc2Cl)O1. The highest BCUT2D eigenvalue weighted by Gasteiger charge is 2.25. The molecule has 1 aromatic carbocycles. The predicted octanol–water partition coefficient (Wildman–Crippen LogP) is 2.72. The van der Waals surface area contributed by atoms with Crippen LogP contribution in [0.25, 0.3) is 0 Å². The Morgan fingerprint density at radius 3 is 2.77 bits per heavy atom. The topological polar surface area (TPSA) is 26.3 Å². The molecule has 2 nitrogen and oxygen atoms in total. The molecule has 1 aliphatic heterocycles. The Morgan fingerprint density at radius 1 is 1.38 bits per heavy atom. The molecule has 0 radical (unpaired) electrons. The van der Waals surface area contributed by atoms with E-state index in [0.29, 0.717) is 11.4 Å². The van der Waals surface area contributed by atoms with Gasteiger partial charge in [-0.1, -0.05) is 29.8 Å². The molecule has 1 aromatic rings. The van der Waals surface area contributed by atoms with Crippen molar-refractivity contribution in [1.29, 1.82) is 0 Å². The molecule has 1 saturated heterocycles. The van der Waals surface area contributed by atoms with Crippen molar-refractivity contribution < 1.29 is 9.53 Å². The standard InChI is InChI=1S/C10H9ClO2/c11-8-4-2-1-3-7(8)9-5-6-10(12)13-9/h1-4,9H,5-6H2. The molecule has 0 bridgehead atoms. The Kier molecular flexibility index (Phi) is 2.23. The Morgan fingerprint density at radius 2 is 2.15 bits per heavy atom. The second kappa shape index (κ2) is 3.38. The van der Waals surface area contributed by atoms with Crippen molar-refractivity contribution in [3.05, 3.63) is 34.9 Å². The summed E-state index contributed by atoms with van der Waals surface area (Å²) in [7, 11) is 0. The van der Waals surface area contributed by atoms with Crippen molar-refractivity contribution in [2.24, 2.45) is 0 Å². The van der Waals surface area contributed by atoms with Crippen LogP contribution in [0.1, 0.15) is 24.5 Å². The summed E-state index contributed by atoms with van der Waals surface area (Å²) in [5, 5.41) is 0.669. The van der Waals surface area contributed by atoms with Gasteiger partial charge in [0.25, 0.3) is 0 Å². The molecule has 1 fully saturated rings. The maximum atomic E-state index is 10.9. The number of ether oxygens (including phenoxy) is 1. The van der Waals surface area contributed by atoms with Crippen molar-refractivity contribution in [3.8, 4) is 0 Å². The van der Waals surface area contributed by atoms with Gasteiger partial charge in [0.15, 0.2) is 0 Å². The first-order valence-corrected chi connectivity index (χ1v) is 4.59. The summed E-state index contributed by atoms with van der Waals surface area (Å²) in [6.07, 6.45) is 1.10. The lowest BCUT2D eigenvalue weighted by Crippen LogP contribution is -1.98. The third kappa shape index (κ3) is 1.68. The highest BCUT2D eigenvalue weighted by atomic mass is 35.5. The molecule has 3 heteroatoms. The van der Waals surface area contributed by atoms with Crippen LogP contribution in [0, 0.1) is 0 Å². The van der Waals surface area contributed by atoms with Gasteiger partial charge in [0.05, 0.1) is 0 Å². The Balaban J connectivity index is 2.26. The van der Waals surface area contributed by atoms with Crippen LogP contribution in [0.15, 0.2) is 24.3 Å². The average Bonchev–Trinajstić information content (AvgIpc) is 2.53. The minimum Gasteiger partial charge on any atom is -0.457 e. The van der Waals surface area contributed by atoms with Crippen molar-refractivity contribution in [2.75, 3.05) is 0 Å². The van der Waals surface area contributed by atoms with Crippen LogP contribution in [0.3, 0.4) is 0 Å². The molecule has 0 aromatic heterocycles. The first-order valence-electron chi connectivity index (χ1n) is 4.21. The molecule has 0 aliphatic carbocycles. The molecule has 0 spiro atoms. The molecule has 1 aliphatic rings. The van der Waals surface area contributed by atoms with Crippen molar-refractivity contribution in [2.45, 2.75) is 18.9 Å². The number of hydrogen-bond acceptors (Lipinski definition) is 2. The monoisotopic (exact) mass is 196 g/mol. The number of benzene rings is 1. The van der Waals surface area contributed by atoms with Crippen LogP contribution < -0.4 is 0 Å². The fourth-order valence-corrected chi connectivity index (χ4v) is 1.74. The normalized spacial score (nSPS) is 21.6. The maximum Gasteiger partial charge on any atom is 0.306 e. The number of carbonyl (C=O) groups excluding carboxylic acids is 1. The minimum atomic E-state index is -0.138. The fourth-order valence-electron chi connectivity index (χ4n) is 1.48. The lowest BCUT2D eigenvalue weighted by molar-refractivity contribution is -0.141. The largest absolute Gasteiger partial charge is 0.457 e. The quantitative estimate of drug-likeness (QED) is 0.646. The first kappa shape index (κ1) is 8.57. The summed E-state index contributed by atoms with van der Waals surface area (Å²) in [5.74, 6) is -0.134. The molecule has 0 amide bonds. The second-order valence-corrected chi connectivity index (χ2v) is 3.45. The van der Waals surface area contributed by atoms with E-state index in [1.807, 2.05) is 24.3 Å². The average molecular weight is 197 g/mol. The van der Waals surface area contributed by atoms with Gasteiger partial charge < -0.3 is 4.74 Å². The molecule has 1 atom stereocenters. The van der Waals surface area contributed by atoms with E-state index in [9.17, 15) is 4.79 Å².